The molecule has 0 heterocycles. The molecule has 0 aromatic heterocycles. The summed E-state index contributed by atoms with van der Waals surface area (Å²) in [5, 5.41) is 3.73. The van der Waals surface area contributed by atoms with E-state index in [1.54, 1.807) is 0 Å². The predicted molar refractivity (Wildman–Crippen MR) is 78.8 cm³/mol. The van der Waals surface area contributed by atoms with Crippen LogP contribution in [0.15, 0.2) is 0 Å². The summed E-state index contributed by atoms with van der Waals surface area (Å²) in [4.78, 5) is 2.70. The minimum Gasteiger partial charge on any atom is -0.313 e. The first-order valence-electron chi connectivity index (χ1n) is 8.12. The first kappa shape index (κ1) is 14.3. The van der Waals surface area contributed by atoms with Crippen LogP contribution in [0.2, 0.25) is 0 Å². The van der Waals surface area contributed by atoms with Crippen molar-refractivity contribution in [3.8, 4) is 0 Å². The summed E-state index contributed by atoms with van der Waals surface area (Å²) in [6.07, 6.45) is 8.49. The van der Waals surface area contributed by atoms with Gasteiger partial charge in [-0.3, -0.25) is 4.90 Å². The molecule has 0 spiro atoms. The van der Waals surface area contributed by atoms with Crippen molar-refractivity contribution >= 4 is 0 Å². The Balaban J connectivity index is 1.98. The van der Waals surface area contributed by atoms with Gasteiger partial charge in [-0.2, -0.15) is 0 Å². The van der Waals surface area contributed by atoms with Crippen LogP contribution in [0.25, 0.3) is 0 Å². The second-order valence-corrected chi connectivity index (χ2v) is 6.56. The van der Waals surface area contributed by atoms with Gasteiger partial charge in [-0.25, -0.2) is 0 Å². The van der Waals surface area contributed by atoms with Crippen LogP contribution in [-0.2, 0) is 0 Å². The molecule has 2 heteroatoms. The van der Waals surface area contributed by atoms with Crippen molar-refractivity contribution in [3.63, 3.8) is 0 Å². The van der Waals surface area contributed by atoms with Gasteiger partial charge < -0.3 is 5.32 Å². The van der Waals surface area contributed by atoms with Crippen molar-refractivity contribution in [2.45, 2.75) is 77.4 Å². The molecule has 2 aliphatic rings. The van der Waals surface area contributed by atoms with Crippen molar-refractivity contribution in [1.82, 2.24) is 10.2 Å². The summed E-state index contributed by atoms with van der Waals surface area (Å²) in [5.74, 6) is 1.94. The third-order valence-corrected chi connectivity index (χ3v) is 5.44. The second-order valence-electron chi connectivity index (χ2n) is 6.56. The Bertz CT molecular complexity index is 249. The van der Waals surface area contributed by atoms with E-state index < -0.39 is 0 Å². The van der Waals surface area contributed by atoms with Gasteiger partial charge in [0.1, 0.15) is 0 Å². The molecule has 0 saturated heterocycles. The lowest BCUT2D eigenvalue weighted by Gasteiger charge is -2.44. The predicted octanol–water partition coefficient (Wildman–Crippen LogP) is 3.27. The molecule has 2 fully saturated rings. The molecule has 0 aromatic carbocycles. The Morgan fingerprint density at radius 1 is 1.17 bits per heavy atom. The van der Waals surface area contributed by atoms with Crippen LogP contribution >= 0.6 is 0 Å². The quantitative estimate of drug-likeness (QED) is 0.780. The molecule has 18 heavy (non-hydrogen) atoms. The average molecular weight is 252 g/mol. The Labute approximate surface area is 114 Å². The maximum Gasteiger partial charge on any atom is 0.0251 e. The molecule has 4 unspecified atom stereocenters. The largest absolute Gasteiger partial charge is 0.313 e. The lowest BCUT2D eigenvalue weighted by Crippen LogP contribution is -2.54. The third-order valence-electron chi connectivity index (χ3n) is 5.44. The number of likely N-dealkylation sites (N-methyl/N-ethyl adjacent to an activating group) is 2. The molecule has 4 atom stereocenters. The molecule has 0 aliphatic heterocycles. The molecule has 2 rings (SSSR count). The molecule has 2 aliphatic carbocycles. The highest BCUT2D eigenvalue weighted by molar-refractivity contribution is 4.94. The molecular formula is C16H32N2. The molecule has 0 bridgehead atoms. The van der Waals surface area contributed by atoms with E-state index in [0.717, 1.165) is 36.5 Å². The molecule has 0 aromatic rings. The molecule has 0 amide bonds. The number of hydrogen-bond acceptors (Lipinski definition) is 2. The van der Waals surface area contributed by atoms with Crippen LogP contribution in [0.5, 0.6) is 0 Å². The summed E-state index contributed by atoms with van der Waals surface area (Å²) in [5.41, 5.74) is 0. The highest BCUT2D eigenvalue weighted by Gasteiger charge is 2.38. The summed E-state index contributed by atoms with van der Waals surface area (Å²) < 4.78 is 0. The minimum atomic E-state index is 0.726. The van der Waals surface area contributed by atoms with Crippen LogP contribution in [0.3, 0.4) is 0 Å². The third kappa shape index (κ3) is 3.27. The molecule has 106 valence electrons. The summed E-state index contributed by atoms with van der Waals surface area (Å²) in [6.45, 7) is 8.16. The van der Waals surface area contributed by atoms with Gasteiger partial charge in [0.15, 0.2) is 0 Å². The van der Waals surface area contributed by atoms with Crippen LogP contribution < -0.4 is 5.32 Å². The van der Waals surface area contributed by atoms with Gasteiger partial charge >= 0.3 is 0 Å². The zero-order valence-corrected chi connectivity index (χ0v) is 12.8. The number of nitrogens with zero attached hydrogens (tertiary/aromatic N) is 1. The van der Waals surface area contributed by atoms with E-state index in [2.05, 4.69) is 38.0 Å². The van der Waals surface area contributed by atoms with E-state index in [9.17, 15) is 0 Å². The van der Waals surface area contributed by atoms with Crippen molar-refractivity contribution in [2.75, 3.05) is 13.6 Å². The smallest absolute Gasteiger partial charge is 0.0251 e. The highest BCUT2D eigenvalue weighted by atomic mass is 15.2. The maximum atomic E-state index is 3.73. The molecule has 2 nitrogen and oxygen atoms in total. The zero-order valence-electron chi connectivity index (χ0n) is 12.8. The molecule has 2 saturated carbocycles. The number of hydrogen-bond donors (Lipinski definition) is 1. The number of nitrogens with one attached hydrogen (secondary N) is 1. The molecular weight excluding hydrogens is 220 g/mol. The number of rotatable bonds is 6. The molecule has 1 N–H and O–H groups in total. The van der Waals surface area contributed by atoms with E-state index in [1.165, 1.54) is 38.5 Å². The highest BCUT2D eigenvalue weighted by Crippen LogP contribution is 2.38. The molecule has 0 radical (unpaired) electrons. The van der Waals surface area contributed by atoms with Gasteiger partial charge in [-0.1, -0.05) is 20.3 Å². The van der Waals surface area contributed by atoms with Gasteiger partial charge in [0, 0.05) is 18.1 Å². The Morgan fingerprint density at radius 3 is 2.44 bits per heavy atom. The first-order valence-corrected chi connectivity index (χ1v) is 8.12. The lowest BCUT2D eigenvalue weighted by atomic mass is 9.80. The second kappa shape index (κ2) is 6.38. The first-order chi connectivity index (χ1) is 8.67. The van der Waals surface area contributed by atoms with Gasteiger partial charge in [0.2, 0.25) is 0 Å². The Kier molecular flexibility index (Phi) is 5.08. The Morgan fingerprint density at radius 2 is 1.89 bits per heavy atom. The van der Waals surface area contributed by atoms with Crippen LogP contribution in [0, 0.1) is 11.8 Å². The van der Waals surface area contributed by atoms with Crippen LogP contribution in [0.4, 0.5) is 0 Å². The standard InChI is InChI=1S/C16H32N2/c1-5-13-7-10-15(17-6-2)16(11-13)18(4)12(3)14-8-9-14/h12-17H,5-11H2,1-4H3. The van der Waals surface area contributed by atoms with Crippen molar-refractivity contribution < 1.29 is 0 Å². The summed E-state index contributed by atoms with van der Waals surface area (Å²) in [7, 11) is 2.37. The van der Waals surface area contributed by atoms with Crippen LogP contribution in [0.1, 0.15) is 59.3 Å². The van der Waals surface area contributed by atoms with Gasteiger partial charge in [0.05, 0.1) is 0 Å². The summed E-state index contributed by atoms with van der Waals surface area (Å²) >= 11 is 0. The summed E-state index contributed by atoms with van der Waals surface area (Å²) in [6, 6.07) is 2.27. The maximum absolute atomic E-state index is 3.73. The van der Waals surface area contributed by atoms with E-state index >= 15 is 0 Å². The van der Waals surface area contributed by atoms with Gasteiger partial charge in [-0.15, -0.1) is 0 Å². The van der Waals surface area contributed by atoms with Crippen molar-refractivity contribution in [2.24, 2.45) is 11.8 Å². The normalized spacial score (nSPS) is 34.8. The van der Waals surface area contributed by atoms with Gasteiger partial charge in [0.25, 0.3) is 0 Å². The fraction of sp³-hybridized carbons (Fsp3) is 1.00. The van der Waals surface area contributed by atoms with Crippen molar-refractivity contribution in [3.05, 3.63) is 0 Å². The average Bonchev–Trinajstić information content (AvgIpc) is 3.22. The fourth-order valence-corrected chi connectivity index (χ4v) is 3.77. The van der Waals surface area contributed by atoms with E-state index in [-0.39, 0.29) is 0 Å². The minimum absolute atomic E-state index is 0.726. The van der Waals surface area contributed by atoms with E-state index in [0.29, 0.717) is 0 Å². The van der Waals surface area contributed by atoms with Gasteiger partial charge in [-0.05, 0) is 64.5 Å². The Hall–Kier alpha value is -0.0800. The fourth-order valence-electron chi connectivity index (χ4n) is 3.77. The van der Waals surface area contributed by atoms with E-state index in [4.69, 9.17) is 0 Å². The van der Waals surface area contributed by atoms with E-state index in [1.807, 2.05) is 0 Å². The monoisotopic (exact) mass is 252 g/mol. The van der Waals surface area contributed by atoms with Crippen molar-refractivity contribution in [1.29, 1.82) is 0 Å². The SMILES string of the molecule is CCNC1CCC(CC)CC1N(C)C(C)C1CC1. The van der Waals surface area contributed by atoms with Crippen LogP contribution in [-0.4, -0.2) is 36.6 Å². The topological polar surface area (TPSA) is 15.3 Å². The zero-order chi connectivity index (χ0) is 13.1. The lowest BCUT2D eigenvalue weighted by molar-refractivity contribution is 0.0809.